The number of ether oxygens (including phenoxy) is 2. The Morgan fingerprint density at radius 2 is 1.57 bits per heavy atom. The van der Waals surface area contributed by atoms with E-state index in [0.29, 0.717) is 18.5 Å². The van der Waals surface area contributed by atoms with Crippen molar-refractivity contribution < 1.29 is 28.7 Å². The largest absolute Gasteiger partial charge is 0.468 e. The summed E-state index contributed by atoms with van der Waals surface area (Å²) in [6.07, 6.45) is 2.89. The van der Waals surface area contributed by atoms with Gasteiger partial charge in [0.05, 0.1) is 7.11 Å². The average Bonchev–Trinajstić information content (AvgIpc) is 2.75. The maximum atomic E-state index is 13.3. The molecule has 9 heteroatoms. The Labute approximate surface area is 208 Å². The van der Waals surface area contributed by atoms with E-state index in [0.717, 1.165) is 30.4 Å². The summed E-state index contributed by atoms with van der Waals surface area (Å²) < 4.78 is 9.86. The van der Waals surface area contributed by atoms with E-state index in [9.17, 15) is 19.2 Å². The third-order valence-electron chi connectivity index (χ3n) is 5.11. The smallest absolute Gasteiger partial charge is 0.408 e. The molecule has 1 rings (SSSR count). The van der Waals surface area contributed by atoms with E-state index < -0.39 is 35.5 Å². The van der Waals surface area contributed by atoms with Crippen LogP contribution in [0.3, 0.4) is 0 Å². The van der Waals surface area contributed by atoms with Gasteiger partial charge < -0.3 is 25.0 Å². The molecule has 35 heavy (non-hydrogen) atoms. The molecule has 0 aliphatic rings. The van der Waals surface area contributed by atoms with Gasteiger partial charge in [0.1, 0.15) is 24.7 Å². The number of esters is 1. The molecule has 1 aromatic rings. The quantitative estimate of drug-likeness (QED) is 0.341. The highest BCUT2D eigenvalue weighted by Crippen LogP contribution is 2.25. The predicted molar refractivity (Wildman–Crippen MR) is 134 cm³/mol. The van der Waals surface area contributed by atoms with Crippen LogP contribution >= 0.6 is 0 Å². The molecule has 1 atom stereocenters. The number of hydrogen-bond acceptors (Lipinski definition) is 6. The zero-order valence-electron chi connectivity index (χ0n) is 22.2. The number of benzene rings is 1. The Morgan fingerprint density at radius 1 is 0.943 bits per heavy atom. The van der Waals surface area contributed by atoms with Crippen molar-refractivity contribution in [1.29, 1.82) is 0 Å². The minimum atomic E-state index is -0.979. The lowest BCUT2D eigenvalue weighted by Gasteiger charge is -2.32. The third kappa shape index (κ3) is 11.2. The van der Waals surface area contributed by atoms with Crippen molar-refractivity contribution in [3.8, 4) is 0 Å². The van der Waals surface area contributed by atoms with E-state index in [1.807, 2.05) is 32.0 Å². The number of carbonyl (C=O) groups is 4. The van der Waals surface area contributed by atoms with Crippen molar-refractivity contribution in [1.82, 2.24) is 15.5 Å². The molecule has 0 aromatic heterocycles. The van der Waals surface area contributed by atoms with Gasteiger partial charge in [-0.05, 0) is 46.6 Å². The van der Waals surface area contributed by atoms with Crippen molar-refractivity contribution in [2.24, 2.45) is 0 Å². The molecule has 0 bridgehead atoms. The number of unbranched alkanes of at least 4 members (excludes halogenated alkanes) is 3. The van der Waals surface area contributed by atoms with Crippen LogP contribution in [0, 0.1) is 13.8 Å². The van der Waals surface area contributed by atoms with E-state index in [-0.39, 0.29) is 13.1 Å². The van der Waals surface area contributed by atoms with Crippen LogP contribution in [0.5, 0.6) is 0 Å². The number of alkyl carbamates (subject to hydrolysis) is 1. The van der Waals surface area contributed by atoms with Gasteiger partial charge in [0.15, 0.2) is 0 Å². The van der Waals surface area contributed by atoms with Gasteiger partial charge in [-0.25, -0.2) is 4.79 Å². The Morgan fingerprint density at radius 3 is 2.11 bits per heavy atom. The number of carbonyl (C=O) groups excluding carboxylic acids is 4. The highest BCUT2D eigenvalue weighted by Gasteiger charge is 2.32. The van der Waals surface area contributed by atoms with Crippen LogP contribution in [-0.4, -0.2) is 61.1 Å². The number of aryl methyl sites for hydroxylation is 2. The molecule has 9 nitrogen and oxygen atoms in total. The molecule has 0 fully saturated rings. The number of hydrogen-bond donors (Lipinski definition) is 2. The Balaban J connectivity index is 3.26. The lowest BCUT2D eigenvalue weighted by atomic mass is 9.98. The van der Waals surface area contributed by atoms with Crippen molar-refractivity contribution in [3.63, 3.8) is 0 Å². The predicted octanol–water partition coefficient (Wildman–Crippen LogP) is 3.57. The molecule has 0 aliphatic heterocycles. The van der Waals surface area contributed by atoms with Crippen LogP contribution in [0.15, 0.2) is 18.2 Å². The summed E-state index contributed by atoms with van der Waals surface area (Å²) in [6.45, 7) is 10.8. The molecular weight excluding hydrogens is 450 g/mol. The van der Waals surface area contributed by atoms with Crippen molar-refractivity contribution in [2.45, 2.75) is 78.9 Å². The summed E-state index contributed by atoms with van der Waals surface area (Å²) in [5.41, 5.74) is 1.81. The van der Waals surface area contributed by atoms with E-state index in [2.05, 4.69) is 22.3 Å². The van der Waals surface area contributed by atoms with Crippen LogP contribution in [0.4, 0.5) is 4.79 Å². The first-order valence-corrected chi connectivity index (χ1v) is 12.1. The first-order chi connectivity index (χ1) is 16.4. The topological polar surface area (TPSA) is 114 Å². The molecule has 0 saturated carbocycles. The number of methoxy groups -OCH3 is 1. The number of rotatable bonds is 12. The van der Waals surface area contributed by atoms with E-state index in [4.69, 9.17) is 4.74 Å². The summed E-state index contributed by atoms with van der Waals surface area (Å²) in [5.74, 6) is -1.52. The van der Waals surface area contributed by atoms with Gasteiger partial charge in [0, 0.05) is 6.54 Å². The fourth-order valence-corrected chi connectivity index (χ4v) is 3.64. The average molecular weight is 492 g/mol. The second kappa shape index (κ2) is 14.3. The van der Waals surface area contributed by atoms with Crippen molar-refractivity contribution in [3.05, 3.63) is 34.9 Å². The Bertz CT molecular complexity index is 858. The molecule has 2 N–H and O–H groups in total. The van der Waals surface area contributed by atoms with Gasteiger partial charge in [-0.2, -0.15) is 0 Å². The minimum Gasteiger partial charge on any atom is -0.468 e. The van der Waals surface area contributed by atoms with Gasteiger partial charge in [-0.3, -0.25) is 14.4 Å². The molecule has 1 unspecified atom stereocenters. The first kappa shape index (κ1) is 29.9. The Hall–Kier alpha value is -3.10. The molecule has 3 amide bonds. The highest BCUT2D eigenvalue weighted by molar-refractivity contribution is 5.92. The van der Waals surface area contributed by atoms with Crippen LogP contribution in [0.1, 0.15) is 76.1 Å². The van der Waals surface area contributed by atoms with E-state index >= 15 is 0 Å². The molecule has 1 aromatic carbocycles. The third-order valence-corrected chi connectivity index (χ3v) is 5.11. The molecule has 196 valence electrons. The van der Waals surface area contributed by atoms with Gasteiger partial charge in [-0.15, -0.1) is 0 Å². The zero-order valence-corrected chi connectivity index (χ0v) is 22.2. The number of nitrogens with zero attached hydrogens (tertiary/aromatic N) is 1. The van der Waals surface area contributed by atoms with Crippen molar-refractivity contribution in [2.75, 3.05) is 26.7 Å². The van der Waals surface area contributed by atoms with Crippen LogP contribution in [0.2, 0.25) is 0 Å². The molecule has 0 heterocycles. The number of amides is 3. The second-order valence-corrected chi connectivity index (χ2v) is 9.62. The van der Waals surface area contributed by atoms with Crippen LogP contribution < -0.4 is 10.6 Å². The van der Waals surface area contributed by atoms with Crippen LogP contribution in [-0.2, 0) is 23.9 Å². The molecular formula is C26H41N3O6. The standard InChI is InChI=1S/C26H41N3O6/c1-8-9-10-11-12-29(21(30)16-28-25(33)35-26(4,5)6)23(24(32)27-17-22(31)34-7)20-14-18(2)13-19(3)15-20/h13-15,23H,8-12,16-17H2,1-7H3,(H,27,32)(H,28,33). The second-order valence-electron chi connectivity index (χ2n) is 9.62. The monoisotopic (exact) mass is 491 g/mol. The lowest BCUT2D eigenvalue weighted by Crippen LogP contribution is -2.48. The van der Waals surface area contributed by atoms with Crippen molar-refractivity contribution >= 4 is 23.9 Å². The van der Waals surface area contributed by atoms with E-state index in [1.54, 1.807) is 20.8 Å². The molecule has 0 saturated heterocycles. The fraction of sp³-hybridized carbons (Fsp3) is 0.615. The van der Waals surface area contributed by atoms with Gasteiger partial charge in [0.25, 0.3) is 0 Å². The highest BCUT2D eigenvalue weighted by atomic mass is 16.6. The fourth-order valence-electron chi connectivity index (χ4n) is 3.64. The summed E-state index contributed by atoms with van der Waals surface area (Å²) in [6, 6.07) is 4.70. The maximum absolute atomic E-state index is 13.3. The van der Waals surface area contributed by atoms with Gasteiger partial charge >= 0.3 is 12.1 Å². The van der Waals surface area contributed by atoms with Gasteiger partial charge in [0.2, 0.25) is 11.8 Å². The molecule has 0 aliphatic carbocycles. The van der Waals surface area contributed by atoms with E-state index in [1.165, 1.54) is 12.0 Å². The SMILES string of the molecule is CCCCCCN(C(=O)CNC(=O)OC(C)(C)C)C(C(=O)NCC(=O)OC)c1cc(C)cc(C)c1. The first-order valence-electron chi connectivity index (χ1n) is 12.1. The maximum Gasteiger partial charge on any atom is 0.408 e. The van der Waals surface area contributed by atoms with Crippen LogP contribution in [0.25, 0.3) is 0 Å². The summed E-state index contributed by atoms with van der Waals surface area (Å²) in [5, 5.41) is 5.07. The molecule has 0 radical (unpaired) electrons. The zero-order chi connectivity index (χ0) is 26.6. The number of nitrogens with one attached hydrogen (secondary N) is 2. The summed E-state index contributed by atoms with van der Waals surface area (Å²) >= 11 is 0. The lowest BCUT2D eigenvalue weighted by molar-refractivity contribution is -0.143. The normalized spacial score (nSPS) is 11.9. The summed E-state index contributed by atoms with van der Waals surface area (Å²) in [4.78, 5) is 51.9. The molecule has 0 spiro atoms. The van der Waals surface area contributed by atoms with Gasteiger partial charge in [-0.1, -0.05) is 55.5 Å². The Kier molecular flexibility index (Phi) is 12.3. The summed E-state index contributed by atoms with van der Waals surface area (Å²) in [7, 11) is 1.24. The minimum absolute atomic E-state index is 0.315.